The molecule has 1 fully saturated rings. The van der Waals surface area contributed by atoms with E-state index < -0.39 is 45.9 Å². The number of amides is 1. The normalized spacial score (nSPS) is 24.6. The van der Waals surface area contributed by atoms with Crippen molar-refractivity contribution in [2.75, 3.05) is 10.0 Å². The van der Waals surface area contributed by atoms with Crippen LogP contribution in [0.4, 0.5) is 11.4 Å². The van der Waals surface area contributed by atoms with E-state index in [2.05, 4.69) is 10.0 Å². The number of fused-ring (bicyclic) bond motifs is 2. The van der Waals surface area contributed by atoms with Crippen LogP contribution in [0.25, 0.3) is 0 Å². The predicted octanol–water partition coefficient (Wildman–Crippen LogP) is 2.39. The molecule has 0 saturated carbocycles. The first-order valence-electron chi connectivity index (χ1n) is 9.31. The van der Waals surface area contributed by atoms with Crippen molar-refractivity contribution in [2.45, 2.75) is 24.0 Å². The van der Waals surface area contributed by atoms with E-state index in [1.165, 1.54) is 24.3 Å². The maximum absolute atomic E-state index is 12.6. The zero-order chi connectivity index (χ0) is 21.5. The van der Waals surface area contributed by atoms with E-state index in [0.29, 0.717) is 11.4 Å². The Morgan fingerprint density at radius 2 is 1.47 bits per heavy atom. The lowest BCUT2D eigenvalue weighted by molar-refractivity contribution is -0.145. The van der Waals surface area contributed by atoms with E-state index in [-0.39, 0.29) is 4.90 Å². The minimum Gasteiger partial charge on any atom is -0.481 e. The van der Waals surface area contributed by atoms with Crippen LogP contribution in [0.5, 0.6) is 0 Å². The number of aliphatic carboxylic acids is 1. The van der Waals surface area contributed by atoms with E-state index >= 15 is 0 Å². The Labute approximate surface area is 173 Å². The second-order valence-corrected chi connectivity index (χ2v) is 9.01. The lowest BCUT2D eigenvalue weighted by atomic mass is 9.82. The average molecular weight is 428 g/mol. The number of hydrogen-bond donors (Lipinski definition) is 3. The van der Waals surface area contributed by atoms with Crippen molar-refractivity contribution >= 4 is 33.3 Å². The molecule has 2 aliphatic heterocycles. The van der Waals surface area contributed by atoms with Gasteiger partial charge in [0.2, 0.25) is 5.91 Å². The third-order valence-corrected chi connectivity index (χ3v) is 6.62. The first-order chi connectivity index (χ1) is 14.2. The van der Waals surface area contributed by atoms with E-state index in [0.717, 1.165) is 5.56 Å². The van der Waals surface area contributed by atoms with Crippen LogP contribution < -0.4 is 10.0 Å². The van der Waals surface area contributed by atoms with E-state index in [1.54, 1.807) is 36.4 Å². The molecule has 0 aliphatic carbocycles. The Morgan fingerprint density at radius 1 is 0.900 bits per heavy atom. The van der Waals surface area contributed by atoms with Gasteiger partial charge in [-0.15, -0.1) is 0 Å². The number of benzene rings is 2. The Morgan fingerprint density at radius 3 is 2.07 bits per heavy atom. The molecule has 8 nitrogen and oxygen atoms in total. The highest BCUT2D eigenvalue weighted by Gasteiger charge is 2.53. The fourth-order valence-electron chi connectivity index (χ4n) is 3.69. The topological polar surface area (TPSA) is 122 Å². The zero-order valence-corrected chi connectivity index (χ0v) is 16.8. The van der Waals surface area contributed by atoms with Crippen LogP contribution in [0.1, 0.15) is 5.56 Å². The van der Waals surface area contributed by atoms with Gasteiger partial charge in [-0.3, -0.25) is 14.3 Å². The maximum atomic E-state index is 12.6. The quantitative estimate of drug-likeness (QED) is 0.608. The van der Waals surface area contributed by atoms with Gasteiger partial charge in [0.25, 0.3) is 10.0 Å². The first kappa shape index (κ1) is 20.1. The van der Waals surface area contributed by atoms with Crippen molar-refractivity contribution in [3.8, 4) is 0 Å². The van der Waals surface area contributed by atoms with E-state index in [1.807, 2.05) is 6.92 Å². The van der Waals surface area contributed by atoms with Crippen LogP contribution in [0, 0.1) is 18.8 Å². The van der Waals surface area contributed by atoms with Gasteiger partial charge in [-0.2, -0.15) is 0 Å². The van der Waals surface area contributed by atoms with Crippen LogP contribution in [0.2, 0.25) is 0 Å². The summed E-state index contributed by atoms with van der Waals surface area (Å²) >= 11 is 0. The zero-order valence-electron chi connectivity index (χ0n) is 16.0. The summed E-state index contributed by atoms with van der Waals surface area (Å²) in [5.41, 5.74) is 1.72. The van der Waals surface area contributed by atoms with Gasteiger partial charge in [0.15, 0.2) is 0 Å². The molecular formula is C21H20N2O6S. The standard InChI is InChI=1S/C21H20N2O6S/c1-12-2-8-15(9-3-12)30(27,28)23-14-6-4-13(5-7-14)22-20(24)18-16-10-11-17(29-16)19(18)21(25)26/h2-11,16-19,23H,1H3,(H,22,24)(H,25,26)/t16-,17-,18+,19-/m0/s1. The fourth-order valence-corrected chi connectivity index (χ4v) is 4.75. The Kier molecular flexibility index (Phi) is 5.08. The summed E-state index contributed by atoms with van der Waals surface area (Å²) in [6.07, 6.45) is 2.22. The molecular weight excluding hydrogens is 408 g/mol. The highest BCUT2D eigenvalue weighted by atomic mass is 32.2. The van der Waals surface area contributed by atoms with Gasteiger partial charge in [0.1, 0.15) is 5.92 Å². The number of carbonyl (C=O) groups is 2. The lowest BCUT2D eigenvalue weighted by Gasteiger charge is -2.21. The highest BCUT2D eigenvalue weighted by Crippen LogP contribution is 2.39. The Balaban J connectivity index is 1.44. The molecule has 2 aliphatic rings. The first-order valence-corrected chi connectivity index (χ1v) is 10.8. The molecule has 9 heteroatoms. The maximum Gasteiger partial charge on any atom is 0.310 e. The summed E-state index contributed by atoms with van der Waals surface area (Å²) in [4.78, 5) is 24.3. The number of carboxylic acids is 1. The molecule has 2 heterocycles. The number of hydrogen-bond acceptors (Lipinski definition) is 5. The van der Waals surface area contributed by atoms with Crippen molar-refractivity contribution < 1.29 is 27.9 Å². The summed E-state index contributed by atoms with van der Waals surface area (Å²) < 4.78 is 32.9. The van der Waals surface area contributed by atoms with Gasteiger partial charge in [-0.1, -0.05) is 29.8 Å². The number of carboxylic acid groups (broad SMARTS) is 1. The van der Waals surface area contributed by atoms with Crippen LogP contribution in [0.3, 0.4) is 0 Å². The SMILES string of the molecule is Cc1ccc(S(=O)(=O)Nc2ccc(NC(=O)[C@H]3[C@@H](C(=O)O)[C@@H]4C=C[C@@H]3O4)cc2)cc1. The molecule has 1 saturated heterocycles. The third kappa shape index (κ3) is 3.81. The number of aryl methyl sites for hydroxylation is 1. The molecule has 4 atom stereocenters. The summed E-state index contributed by atoms with van der Waals surface area (Å²) in [7, 11) is -3.73. The Bertz CT molecular complexity index is 1110. The summed E-state index contributed by atoms with van der Waals surface area (Å²) in [6, 6.07) is 12.6. The number of carbonyl (C=O) groups excluding carboxylic acids is 1. The number of ether oxygens (including phenoxy) is 1. The Hall–Kier alpha value is -3.17. The van der Waals surface area contributed by atoms with E-state index in [9.17, 15) is 23.1 Å². The summed E-state index contributed by atoms with van der Waals surface area (Å²) in [6.45, 7) is 1.87. The molecule has 30 heavy (non-hydrogen) atoms. The molecule has 0 spiro atoms. The number of nitrogens with one attached hydrogen (secondary N) is 2. The van der Waals surface area contributed by atoms with Crippen molar-refractivity contribution in [3.05, 3.63) is 66.2 Å². The van der Waals surface area contributed by atoms with Crippen LogP contribution >= 0.6 is 0 Å². The molecule has 0 radical (unpaired) electrons. The smallest absolute Gasteiger partial charge is 0.310 e. The monoisotopic (exact) mass is 428 g/mol. The summed E-state index contributed by atoms with van der Waals surface area (Å²) in [5, 5.41) is 12.1. The van der Waals surface area contributed by atoms with Crippen LogP contribution in [0.15, 0.2) is 65.6 Å². The second-order valence-electron chi connectivity index (χ2n) is 7.33. The molecule has 3 N–H and O–H groups in total. The highest BCUT2D eigenvalue weighted by molar-refractivity contribution is 7.92. The minimum absolute atomic E-state index is 0.148. The molecule has 0 aromatic heterocycles. The molecule has 4 rings (SSSR count). The van der Waals surface area contributed by atoms with Crippen LogP contribution in [-0.2, 0) is 24.3 Å². The number of sulfonamides is 1. The lowest BCUT2D eigenvalue weighted by Crippen LogP contribution is -2.39. The van der Waals surface area contributed by atoms with Crippen LogP contribution in [-0.4, -0.2) is 37.6 Å². The molecule has 2 aromatic rings. The van der Waals surface area contributed by atoms with Gasteiger partial charge in [-0.25, -0.2) is 8.42 Å². The van der Waals surface area contributed by atoms with Gasteiger partial charge in [0, 0.05) is 11.4 Å². The van der Waals surface area contributed by atoms with Crippen molar-refractivity contribution in [3.63, 3.8) is 0 Å². The second kappa shape index (κ2) is 7.58. The molecule has 0 unspecified atom stereocenters. The molecule has 2 aromatic carbocycles. The van der Waals surface area contributed by atoms with Crippen molar-refractivity contribution in [2.24, 2.45) is 11.8 Å². The van der Waals surface area contributed by atoms with Crippen molar-refractivity contribution in [1.29, 1.82) is 0 Å². The van der Waals surface area contributed by atoms with Crippen molar-refractivity contribution in [1.82, 2.24) is 0 Å². The van der Waals surface area contributed by atoms with E-state index in [4.69, 9.17) is 4.74 Å². The average Bonchev–Trinajstić information content (AvgIpc) is 3.31. The number of anilines is 2. The fraction of sp³-hybridized carbons (Fsp3) is 0.238. The largest absolute Gasteiger partial charge is 0.481 e. The molecule has 2 bridgehead atoms. The van der Waals surface area contributed by atoms with Gasteiger partial charge in [-0.05, 0) is 43.3 Å². The minimum atomic E-state index is -3.73. The summed E-state index contributed by atoms with van der Waals surface area (Å²) in [5.74, 6) is -3.28. The van der Waals surface area contributed by atoms with Gasteiger partial charge < -0.3 is 15.2 Å². The van der Waals surface area contributed by atoms with Gasteiger partial charge in [0.05, 0.1) is 23.0 Å². The molecule has 1 amide bonds. The number of rotatable bonds is 6. The predicted molar refractivity (Wildman–Crippen MR) is 109 cm³/mol. The van der Waals surface area contributed by atoms with Gasteiger partial charge >= 0.3 is 5.97 Å². The molecule has 156 valence electrons. The third-order valence-electron chi connectivity index (χ3n) is 5.22.